The third kappa shape index (κ3) is 2.19. The average Bonchev–Trinajstić information content (AvgIpc) is 2.66. The molecule has 0 spiro atoms. The summed E-state index contributed by atoms with van der Waals surface area (Å²) in [5.41, 5.74) is 2.76. The van der Waals surface area contributed by atoms with Crippen molar-refractivity contribution >= 4 is 0 Å². The fourth-order valence-corrected chi connectivity index (χ4v) is 2.39. The minimum atomic E-state index is 0.232. The fourth-order valence-electron chi connectivity index (χ4n) is 2.39. The molecule has 1 nitrogen and oxygen atoms in total. The van der Waals surface area contributed by atoms with E-state index in [1.165, 1.54) is 24.0 Å². The molecule has 1 aliphatic rings. The first-order valence-electron chi connectivity index (χ1n) is 6.22. The first-order chi connectivity index (χ1) is 7.86. The maximum Gasteiger partial charge on any atom is 0.0871 e. The Hall–Kier alpha value is -1.08. The molecule has 0 N–H and O–H groups in total. The Kier molecular flexibility index (Phi) is 3.79. The fraction of sp³-hybridized carbons (Fsp3) is 0.467. The standard InChI is InChI=1S/C15H20O/c1-3-5-11-15-13-10-7-6-9-12(13)14(16-15)8-4-2/h4,6-7,9-10,14-15H,2-3,5,8,11H2,1H3/t14-,15-/m0/s1. The summed E-state index contributed by atoms with van der Waals surface area (Å²) in [7, 11) is 0. The van der Waals surface area contributed by atoms with Crippen LogP contribution in [0.5, 0.6) is 0 Å². The van der Waals surface area contributed by atoms with Crippen LogP contribution in [0, 0.1) is 0 Å². The average molecular weight is 216 g/mol. The Balaban J connectivity index is 2.17. The van der Waals surface area contributed by atoms with Crippen molar-refractivity contribution < 1.29 is 4.74 Å². The molecule has 0 fully saturated rings. The van der Waals surface area contributed by atoms with Gasteiger partial charge in [-0.25, -0.2) is 0 Å². The van der Waals surface area contributed by atoms with Crippen molar-refractivity contribution in [3.8, 4) is 0 Å². The topological polar surface area (TPSA) is 9.23 Å². The zero-order chi connectivity index (χ0) is 11.4. The monoisotopic (exact) mass is 216 g/mol. The molecule has 0 saturated carbocycles. The molecule has 0 bridgehead atoms. The van der Waals surface area contributed by atoms with Gasteiger partial charge in [-0.3, -0.25) is 0 Å². The molecule has 0 saturated heterocycles. The van der Waals surface area contributed by atoms with Crippen LogP contribution in [0.2, 0.25) is 0 Å². The predicted molar refractivity (Wildman–Crippen MR) is 67.3 cm³/mol. The van der Waals surface area contributed by atoms with Crippen molar-refractivity contribution in [1.82, 2.24) is 0 Å². The van der Waals surface area contributed by atoms with Crippen molar-refractivity contribution in [3.05, 3.63) is 48.0 Å². The number of hydrogen-bond acceptors (Lipinski definition) is 1. The van der Waals surface area contributed by atoms with Crippen LogP contribution in [0.4, 0.5) is 0 Å². The van der Waals surface area contributed by atoms with Gasteiger partial charge in [-0.1, -0.05) is 50.1 Å². The number of hydrogen-bond donors (Lipinski definition) is 0. The smallest absolute Gasteiger partial charge is 0.0871 e. The number of ether oxygens (including phenoxy) is 1. The molecular formula is C15H20O. The van der Waals surface area contributed by atoms with Crippen LogP contribution in [0.15, 0.2) is 36.9 Å². The second-order valence-electron chi connectivity index (χ2n) is 4.41. The van der Waals surface area contributed by atoms with Crippen LogP contribution in [0.1, 0.15) is 55.9 Å². The number of rotatable bonds is 5. The molecule has 0 aliphatic carbocycles. The van der Waals surface area contributed by atoms with E-state index in [1.807, 2.05) is 6.08 Å². The number of fused-ring (bicyclic) bond motifs is 1. The van der Waals surface area contributed by atoms with Crippen molar-refractivity contribution in [2.24, 2.45) is 0 Å². The molecule has 1 heteroatoms. The largest absolute Gasteiger partial charge is 0.365 e. The Morgan fingerprint density at radius 2 is 1.94 bits per heavy atom. The number of benzene rings is 1. The second kappa shape index (κ2) is 5.31. The molecule has 1 aromatic rings. The van der Waals surface area contributed by atoms with Crippen LogP contribution in [-0.4, -0.2) is 0 Å². The highest BCUT2D eigenvalue weighted by Crippen LogP contribution is 2.42. The van der Waals surface area contributed by atoms with Crippen LogP contribution < -0.4 is 0 Å². The lowest BCUT2D eigenvalue weighted by atomic mass is 9.98. The molecule has 2 atom stereocenters. The first-order valence-corrected chi connectivity index (χ1v) is 6.22. The first kappa shape index (κ1) is 11.4. The highest BCUT2D eigenvalue weighted by atomic mass is 16.5. The van der Waals surface area contributed by atoms with E-state index in [0.717, 1.165) is 12.8 Å². The van der Waals surface area contributed by atoms with Gasteiger partial charge in [0.25, 0.3) is 0 Å². The summed E-state index contributed by atoms with van der Waals surface area (Å²) in [6.45, 7) is 6.03. The van der Waals surface area contributed by atoms with E-state index < -0.39 is 0 Å². The Morgan fingerprint density at radius 3 is 2.56 bits per heavy atom. The normalized spacial score (nSPS) is 23.1. The van der Waals surface area contributed by atoms with Gasteiger partial charge in [-0.2, -0.15) is 0 Å². The van der Waals surface area contributed by atoms with Crippen molar-refractivity contribution in [1.29, 1.82) is 0 Å². The molecule has 86 valence electrons. The van der Waals surface area contributed by atoms with Gasteiger partial charge >= 0.3 is 0 Å². The van der Waals surface area contributed by atoms with Crippen LogP contribution in [0.25, 0.3) is 0 Å². The van der Waals surface area contributed by atoms with Gasteiger partial charge in [0, 0.05) is 0 Å². The molecule has 0 radical (unpaired) electrons. The Morgan fingerprint density at radius 1 is 1.25 bits per heavy atom. The summed E-state index contributed by atoms with van der Waals surface area (Å²) < 4.78 is 6.10. The SMILES string of the molecule is C=CC[C@@H]1O[C@@H](CCCC)c2ccccc21. The predicted octanol–water partition coefficient (Wildman–Crippen LogP) is 4.57. The van der Waals surface area contributed by atoms with Crippen LogP contribution >= 0.6 is 0 Å². The van der Waals surface area contributed by atoms with E-state index in [2.05, 4.69) is 37.8 Å². The molecular weight excluding hydrogens is 196 g/mol. The molecule has 2 rings (SSSR count). The van der Waals surface area contributed by atoms with E-state index in [9.17, 15) is 0 Å². The van der Waals surface area contributed by atoms with Crippen molar-refractivity contribution in [2.75, 3.05) is 0 Å². The molecule has 1 aliphatic heterocycles. The maximum atomic E-state index is 6.10. The zero-order valence-electron chi connectivity index (χ0n) is 9.99. The molecule has 1 aromatic carbocycles. The Labute approximate surface area is 98.1 Å². The molecule has 0 unspecified atom stereocenters. The maximum absolute atomic E-state index is 6.10. The lowest BCUT2D eigenvalue weighted by Crippen LogP contribution is -1.97. The summed E-state index contributed by atoms with van der Waals surface area (Å²) in [6.07, 6.45) is 7.01. The van der Waals surface area contributed by atoms with Gasteiger partial charge in [-0.05, 0) is 24.0 Å². The Bertz CT molecular complexity index is 356. The van der Waals surface area contributed by atoms with E-state index in [0.29, 0.717) is 6.10 Å². The third-order valence-electron chi connectivity index (χ3n) is 3.22. The lowest BCUT2D eigenvalue weighted by molar-refractivity contribution is 0.00746. The summed E-state index contributed by atoms with van der Waals surface area (Å²) in [4.78, 5) is 0. The molecule has 0 amide bonds. The summed E-state index contributed by atoms with van der Waals surface area (Å²) in [5, 5.41) is 0. The zero-order valence-corrected chi connectivity index (χ0v) is 9.99. The lowest BCUT2D eigenvalue weighted by Gasteiger charge is -2.12. The van der Waals surface area contributed by atoms with Gasteiger partial charge in [0.05, 0.1) is 12.2 Å². The van der Waals surface area contributed by atoms with Gasteiger partial charge in [0.1, 0.15) is 0 Å². The van der Waals surface area contributed by atoms with Crippen molar-refractivity contribution in [2.45, 2.75) is 44.8 Å². The van der Waals surface area contributed by atoms with E-state index in [4.69, 9.17) is 4.74 Å². The summed E-state index contributed by atoms with van der Waals surface area (Å²) in [5.74, 6) is 0. The van der Waals surface area contributed by atoms with Gasteiger partial charge < -0.3 is 4.74 Å². The van der Waals surface area contributed by atoms with Gasteiger partial charge in [0.2, 0.25) is 0 Å². The minimum Gasteiger partial charge on any atom is -0.365 e. The quantitative estimate of drug-likeness (QED) is 0.655. The van der Waals surface area contributed by atoms with Crippen LogP contribution in [0.3, 0.4) is 0 Å². The third-order valence-corrected chi connectivity index (χ3v) is 3.22. The highest BCUT2D eigenvalue weighted by molar-refractivity contribution is 5.34. The summed E-state index contributed by atoms with van der Waals surface area (Å²) >= 11 is 0. The minimum absolute atomic E-state index is 0.232. The van der Waals surface area contributed by atoms with Gasteiger partial charge in [-0.15, -0.1) is 6.58 Å². The van der Waals surface area contributed by atoms with E-state index in [1.54, 1.807) is 0 Å². The van der Waals surface area contributed by atoms with Crippen LogP contribution in [-0.2, 0) is 4.74 Å². The second-order valence-corrected chi connectivity index (χ2v) is 4.41. The van der Waals surface area contributed by atoms with E-state index >= 15 is 0 Å². The van der Waals surface area contributed by atoms with Gasteiger partial charge in [0.15, 0.2) is 0 Å². The number of unbranched alkanes of at least 4 members (excludes halogenated alkanes) is 1. The van der Waals surface area contributed by atoms with Crippen molar-refractivity contribution in [3.63, 3.8) is 0 Å². The molecule has 16 heavy (non-hydrogen) atoms. The molecule has 0 aromatic heterocycles. The summed E-state index contributed by atoms with van der Waals surface area (Å²) in [6, 6.07) is 8.60. The molecule has 1 heterocycles. The highest BCUT2D eigenvalue weighted by Gasteiger charge is 2.29. The van der Waals surface area contributed by atoms with E-state index in [-0.39, 0.29) is 6.10 Å².